The zero-order valence-electron chi connectivity index (χ0n) is 18.0. The zero-order valence-corrected chi connectivity index (χ0v) is 19.6. The average Bonchev–Trinajstić information content (AvgIpc) is 2.94. The highest BCUT2D eigenvalue weighted by Gasteiger charge is 2.35. The number of rotatable bonds is 6. The molecule has 0 saturated carbocycles. The van der Waals surface area contributed by atoms with Crippen molar-refractivity contribution in [2.24, 2.45) is 0 Å². The van der Waals surface area contributed by atoms with E-state index >= 15 is 0 Å². The Morgan fingerprint density at radius 2 is 1.97 bits per heavy atom. The molecule has 1 aliphatic rings. The molecule has 9 heteroatoms. The summed E-state index contributed by atoms with van der Waals surface area (Å²) < 4.78 is 12.0. The summed E-state index contributed by atoms with van der Waals surface area (Å²) in [6.45, 7) is 4.47. The zero-order chi connectivity index (χ0) is 22.7. The van der Waals surface area contributed by atoms with Crippen molar-refractivity contribution in [3.8, 4) is 22.9 Å². The van der Waals surface area contributed by atoms with E-state index in [1.54, 1.807) is 17.0 Å². The first-order valence-electron chi connectivity index (χ1n) is 10.4. The molecule has 2 heterocycles. The Balaban J connectivity index is 1.92. The van der Waals surface area contributed by atoms with Crippen LogP contribution < -0.4 is 14.4 Å². The van der Waals surface area contributed by atoms with E-state index < -0.39 is 6.23 Å². The van der Waals surface area contributed by atoms with E-state index in [-0.39, 0.29) is 5.91 Å². The number of thioether (sulfide) groups is 1. The highest BCUT2D eigenvalue weighted by atomic mass is 35.5. The van der Waals surface area contributed by atoms with Gasteiger partial charge in [0.1, 0.15) is 5.75 Å². The third-order valence-corrected chi connectivity index (χ3v) is 5.73. The minimum atomic E-state index is -0.739. The molecule has 1 amide bonds. The molecule has 1 atom stereocenters. The van der Waals surface area contributed by atoms with E-state index in [1.807, 2.05) is 50.4 Å². The fourth-order valence-electron chi connectivity index (χ4n) is 3.54. The van der Waals surface area contributed by atoms with E-state index in [1.165, 1.54) is 11.8 Å². The SMILES string of the molecule is CCCC(=O)N1c2ccc(Cl)cc2-c2nnc(SC)nc2O[C@@H]1c1ccc(OCC)cc1. The molecular weight excluding hydrogens is 448 g/mol. The van der Waals surface area contributed by atoms with E-state index in [2.05, 4.69) is 15.2 Å². The van der Waals surface area contributed by atoms with Gasteiger partial charge < -0.3 is 9.47 Å². The third-order valence-electron chi connectivity index (χ3n) is 4.96. The van der Waals surface area contributed by atoms with Crippen LogP contribution in [-0.4, -0.2) is 34.0 Å². The van der Waals surface area contributed by atoms with Crippen molar-refractivity contribution in [3.05, 3.63) is 53.1 Å². The molecular formula is C23H23ClN4O3S. The first-order valence-corrected chi connectivity index (χ1v) is 12.0. The van der Waals surface area contributed by atoms with Gasteiger partial charge in [0.25, 0.3) is 0 Å². The second-order valence-electron chi connectivity index (χ2n) is 7.10. The van der Waals surface area contributed by atoms with Gasteiger partial charge in [-0.05, 0) is 62.1 Å². The molecule has 0 aliphatic carbocycles. The van der Waals surface area contributed by atoms with Gasteiger partial charge in [0.15, 0.2) is 5.69 Å². The van der Waals surface area contributed by atoms with Crippen LogP contribution in [0.1, 0.15) is 38.5 Å². The molecule has 1 aliphatic heterocycles. The maximum Gasteiger partial charge on any atom is 0.247 e. The number of amides is 1. The van der Waals surface area contributed by atoms with Gasteiger partial charge in [-0.25, -0.2) is 0 Å². The van der Waals surface area contributed by atoms with Crippen molar-refractivity contribution in [1.29, 1.82) is 0 Å². The van der Waals surface area contributed by atoms with Crippen molar-refractivity contribution in [2.45, 2.75) is 38.1 Å². The molecule has 7 nitrogen and oxygen atoms in total. The molecule has 0 saturated heterocycles. The molecule has 0 spiro atoms. The standard InChI is InChI=1S/C23H23ClN4O3S/c1-4-6-19(29)28-18-12-9-15(24)13-17(18)20-21(25-23(32-3)27-26-20)31-22(28)14-7-10-16(11-8-14)30-5-2/h7-13,22H,4-6H2,1-3H3/t22-/m1/s1. The second kappa shape index (κ2) is 9.75. The number of fused-ring (bicyclic) bond motifs is 3. The highest BCUT2D eigenvalue weighted by molar-refractivity contribution is 7.98. The van der Waals surface area contributed by atoms with E-state index in [0.29, 0.717) is 52.5 Å². The van der Waals surface area contributed by atoms with Crippen molar-refractivity contribution < 1.29 is 14.3 Å². The van der Waals surface area contributed by atoms with Gasteiger partial charge in [0.2, 0.25) is 23.2 Å². The summed E-state index contributed by atoms with van der Waals surface area (Å²) in [5.74, 6) is 0.983. The number of halogens is 1. The molecule has 0 bridgehead atoms. The molecule has 4 rings (SSSR count). The fourth-order valence-corrected chi connectivity index (χ4v) is 4.01. The Labute approximate surface area is 196 Å². The fraction of sp³-hybridized carbons (Fsp3) is 0.304. The lowest BCUT2D eigenvalue weighted by Crippen LogP contribution is -2.37. The lowest BCUT2D eigenvalue weighted by atomic mass is 10.1. The number of aromatic nitrogens is 3. The minimum absolute atomic E-state index is 0.0687. The number of hydrogen-bond donors (Lipinski definition) is 0. The molecule has 166 valence electrons. The van der Waals surface area contributed by atoms with Gasteiger partial charge in [-0.15, -0.1) is 10.2 Å². The largest absolute Gasteiger partial charge is 0.494 e. The number of benzene rings is 2. The first kappa shape index (κ1) is 22.4. The van der Waals surface area contributed by atoms with Gasteiger partial charge in [-0.3, -0.25) is 9.69 Å². The highest BCUT2D eigenvalue weighted by Crippen LogP contribution is 2.44. The van der Waals surface area contributed by atoms with Gasteiger partial charge in [0, 0.05) is 22.6 Å². The molecule has 3 aromatic rings. The van der Waals surface area contributed by atoms with Crippen molar-refractivity contribution >= 4 is 35.0 Å². The summed E-state index contributed by atoms with van der Waals surface area (Å²) in [6.07, 6.45) is 2.20. The molecule has 32 heavy (non-hydrogen) atoms. The van der Waals surface area contributed by atoms with Crippen LogP contribution in [0.5, 0.6) is 11.6 Å². The monoisotopic (exact) mass is 470 g/mol. The smallest absolute Gasteiger partial charge is 0.247 e. The van der Waals surface area contributed by atoms with Crippen LogP contribution in [0.2, 0.25) is 5.02 Å². The Hall–Kier alpha value is -2.84. The van der Waals surface area contributed by atoms with E-state index in [9.17, 15) is 4.79 Å². The van der Waals surface area contributed by atoms with Crippen LogP contribution in [0, 0.1) is 0 Å². The number of anilines is 1. The normalized spacial score (nSPS) is 14.8. The lowest BCUT2D eigenvalue weighted by molar-refractivity contribution is -0.120. The number of hydrogen-bond acceptors (Lipinski definition) is 7. The van der Waals surface area contributed by atoms with Crippen LogP contribution in [-0.2, 0) is 4.79 Å². The minimum Gasteiger partial charge on any atom is -0.494 e. The summed E-state index contributed by atoms with van der Waals surface area (Å²) in [5.41, 5.74) is 2.54. The third kappa shape index (κ3) is 4.38. The molecule has 0 radical (unpaired) electrons. The maximum absolute atomic E-state index is 13.4. The lowest BCUT2D eigenvalue weighted by Gasteiger charge is -2.31. The molecule has 0 unspecified atom stereocenters. The number of carbonyl (C=O) groups is 1. The Morgan fingerprint density at radius 3 is 2.66 bits per heavy atom. The average molecular weight is 471 g/mol. The van der Waals surface area contributed by atoms with Gasteiger partial charge >= 0.3 is 0 Å². The topological polar surface area (TPSA) is 77.4 Å². The summed E-state index contributed by atoms with van der Waals surface area (Å²) in [7, 11) is 0. The Bertz CT molecular complexity index is 1130. The van der Waals surface area contributed by atoms with E-state index in [4.69, 9.17) is 21.1 Å². The van der Waals surface area contributed by atoms with Crippen LogP contribution >= 0.6 is 23.4 Å². The molecule has 1 aromatic heterocycles. The number of ether oxygens (including phenoxy) is 2. The molecule has 0 fully saturated rings. The van der Waals surface area contributed by atoms with Gasteiger partial charge in [-0.1, -0.05) is 30.3 Å². The summed E-state index contributed by atoms with van der Waals surface area (Å²) in [6, 6.07) is 12.9. The maximum atomic E-state index is 13.4. The molecule has 2 aromatic carbocycles. The predicted octanol–water partition coefficient (Wildman–Crippen LogP) is 5.54. The summed E-state index contributed by atoms with van der Waals surface area (Å²) >= 11 is 7.68. The van der Waals surface area contributed by atoms with Crippen molar-refractivity contribution in [3.63, 3.8) is 0 Å². The quantitative estimate of drug-likeness (QED) is 0.438. The second-order valence-corrected chi connectivity index (χ2v) is 8.31. The van der Waals surface area contributed by atoms with E-state index in [0.717, 1.165) is 11.3 Å². The summed E-state index contributed by atoms with van der Waals surface area (Å²) in [5, 5.41) is 9.54. The van der Waals surface area contributed by atoms with Gasteiger partial charge in [-0.2, -0.15) is 4.98 Å². The van der Waals surface area contributed by atoms with Crippen LogP contribution in [0.15, 0.2) is 47.6 Å². The first-order chi connectivity index (χ1) is 15.5. The Kier molecular flexibility index (Phi) is 6.81. The van der Waals surface area contributed by atoms with Crippen LogP contribution in [0.25, 0.3) is 11.3 Å². The predicted molar refractivity (Wildman–Crippen MR) is 125 cm³/mol. The number of carbonyl (C=O) groups excluding carboxylic acids is 1. The van der Waals surface area contributed by atoms with Crippen molar-refractivity contribution in [2.75, 3.05) is 17.8 Å². The number of nitrogens with zero attached hydrogens (tertiary/aromatic N) is 4. The van der Waals surface area contributed by atoms with Crippen LogP contribution in [0.4, 0.5) is 5.69 Å². The van der Waals surface area contributed by atoms with Crippen molar-refractivity contribution in [1.82, 2.24) is 15.2 Å². The van der Waals surface area contributed by atoms with Crippen LogP contribution in [0.3, 0.4) is 0 Å². The summed E-state index contributed by atoms with van der Waals surface area (Å²) in [4.78, 5) is 19.6. The Morgan fingerprint density at radius 1 is 1.19 bits per heavy atom. The molecule has 0 N–H and O–H groups in total. The van der Waals surface area contributed by atoms with Gasteiger partial charge in [0.05, 0.1) is 12.3 Å².